The predicted molar refractivity (Wildman–Crippen MR) is 93.2 cm³/mol. The Morgan fingerprint density at radius 1 is 0.913 bits per heavy atom. The number of halogens is 1. The monoisotopic (exact) mass is 367 g/mol. The fourth-order valence-corrected chi connectivity index (χ4v) is 2.55. The zero-order valence-electron chi connectivity index (χ0n) is 12.3. The molecule has 2 aromatic carbocycles. The highest BCUT2D eigenvalue weighted by atomic mass is 79.9. The summed E-state index contributed by atoms with van der Waals surface area (Å²) in [5.41, 5.74) is 3.19. The second-order valence-electron chi connectivity index (χ2n) is 5.01. The van der Waals surface area contributed by atoms with Gasteiger partial charge in [-0.1, -0.05) is 54.6 Å². The molecule has 114 valence electrons. The van der Waals surface area contributed by atoms with E-state index in [2.05, 4.69) is 33.0 Å². The second-order valence-corrected chi connectivity index (χ2v) is 5.76. The first-order valence-corrected chi connectivity index (χ1v) is 7.97. The Hall–Kier alpha value is -2.46. The maximum atomic E-state index is 12.0. The lowest BCUT2D eigenvalue weighted by Gasteiger charge is -2.06. The van der Waals surface area contributed by atoms with Crippen molar-refractivity contribution in [3.05, 3.63) is 83.1 Å². The lowest BCUT2D eigenvalue weighted by atomic mass is 10.0. The van der Waals surface area contributed by atoms with E-state index < -0.39 is 0 Å². The topological polar surface area (TPSA) is 39.2 Å². The molecule has 1 aromatic heterocycles. The number of nitrogens with zero attached hydrogens (tertiary/aromatic N) is 1. The van der Waals surface area contributed by atoms with E-state index >= 15 is 0 Å². The lowest BCUT2D eigenvalue weighted by molar-refractivity contribution is -0.133. The maximum Gasteiger partial charge on any atom is 0.315 e. The maximum absolute atomic E-state index is 12.0. The number of esters is 1. The quantitative estimate of drug-likeness (QED) is 0.497. The van der Waals surface area contributed by atoms with Gasteiger partial charge in [-0.2, -0.15) is 0 Å². The molecule has 3 aromatic rings. The first-order chi connectivity index (χ1) is 11.2. The number of hydrogen-bond donors (Lipinski definition) is 0. The van der Waals surface area contributed by atoms with Gasteiger partial charge in [-0.05, 0) is 44.8 Å². The van der Waals surface area contributed by atoms with Crippen molar-refractivity contribution >= 4 is 21.9 Å². The Kier molecular flexibility index (Phi) is 4.83. The predicted octanol–water partition coefficient (Wildman–Crippen LogP) is 4.66. The Morgan fingerprint density at radius 3 is 2.30 bits per heavy atom. The fourth-order valence-electron chi connectivity index (χ4n) is 2.22. The molecule has 4 heteroatoms. The van der Waals surface area contributed by atoms with Crippen LogP contribution in [0.1, 0.15) is 5.56 Å². The molecular formula is C19H14BrNO2. The molecule has 0 aliphatic carbocycles. The summed E-state index contributed by atoms with van der Waals surface area (Å²) in [6.07, 6.45) is 1.85. The van der Waals surface area contributed by atoms with Crippen LogP contribution in [0.2, 0.25) is 0 Å². The summed E-state index contributed by atoms with van der Waals surface area (Å²) < 4.78 is 5.84. The van der Waals surface area contributed by atoms with E-state index in [1.807, 2.05) is 42.5 Å². The van der Waals surface area contributed by atoms with Gasteiger partial charge in [0.05, 0.1) is 6.42 Å². The standard InChI is InChI=1S/C19H14BrNO2/c20-19-17(7-4-12-21-19)23-18(22)13-14-8-10-16(11-9-14)15-5-2-1-3-6-15/h1-12H,13H2. The van der Waals surface area contributed by atoms with E-state index in [0.29, 0.717) is 10.4 Å². The normalized spacial score (nSPS) is 10.3. The van der Waals surface area contributed by atoms with Crippen LogP contribution in [0.4, 0.5) is 0 Å². The number of rotatable bonds is 4. The summed E-state index contributed by atoms with van der Waals surface area (Å²) in [4.78, 5) is 16.0. The minimum atomic E-state index is -0.314. The zero-order chi connectivity index (χ0) is 16.1. The van der Waals surface area contributed by atoms with Gasteiger partial charge in [-0.3, -0.25) is 4.79 Å². The van der Waals surface area contributed by atoms with Crippen LogP contribution in [-0.2, 0) is 11.2 Å². The van der Waals surface area contributed by atoms with Crippen LogP contribution in [0.15, 0.2) is 77.5 Å². The Bertz CT molecular complexity index is 801. The number of carbonyl (C=O) groups is 1. The summed E-state index contributed by atoms with van der Waals surface area (Å²) >= 11 is 3.26. The van der Waals surface area contributed by atoms with Crippen molar-refractivity contribution in [3.8, 4) is 16.9 Å². The molecule has 1 heterocycles. The van der Waals surface area contributed by atoms with E-state index in [9.17, 15) is 4.79 Å². The smallest absolute Gasteiger partial charge is 0.315 e. The second kappa shape index (κ2) is 7.20. The van der Waals surface area contributed by atoms with Gasteiger partial charge >= 0.3 is 5.97 Å². The number of aromatic nitrogens is 1. The van der Waals surface area contributed by atoms with Crippen LogP contribution in [-0.4, -0.2) is 11.0 Å². The molecule has 0 saturated carbocycles. The van der Waals surface area contributed by atoms with Gasteiger partial charge in [-0.25, -0.2) is 4.98 Å². The molecule has 3 rings (SSSR count). The van der Waals surface area contributed by atoms with Gasteiger partial charge in [-0.15, -0.1) is 0 Å². The van der Waals surface area contributed by atoms with Crippen molar-refractivity contribution in [2.45, 2.75) is 6.42 Å². The average Bonchev–Trinajstić information content (AvgIpc) is 2.58. The number of hydrogen-bond acceptors (Lipinski definition) is 3. The summed E-state index contributed by atoms with van der Waals surface area (Å²) in [6, 6.07) is 21.5. The summed E-state index contributed by atoms with van der Waals surface area (Å²) in [7, 11) is 0. The van der Waals surface area contributed by atoms with Crippen LogP contribution >= 0.6 is 15.9 Å². The van der Waals surface area contributed by atoms with E-state index in [1.54, 1.807) is 18.3 Å². The third kappa shape index (κ3) is 4.05. The lowest BCUT2D eigenvalue weighted by Crippen LogP contribution is -2.11. The molecule has 0 aliphatic rings. The number of ether oxygens (including phenoxy) is 1. The van der Waals surface area contributed by atoms with Crippen molar-refractivity contribution in [2.75, 3.05) is 0 Å². The van der Waals surface area contributed by atoms with Crippen molar-refractivity contribution in [2.24, 2.45) is 0 Å². The SMILES string of the molecule is O=C(Cc1ccc(-c2ccccc2)cc1)Oc1cccnc1Br. The molecule has 0 amide bonds. The highest BCUT2D eigenvalue weighted by molar-refractivity contribution is 9.10. The molecule has 0 radical (unpaired) electrons. The van der Waals surface area contributed by atoms with E-state index in [0.717, 1.165) is 16.7 Å². The Labute approximate surface area is 143 Å². The molecular weight excluding hydrogens is 354 g/mol. The molecule has 0 unspecified atom stereocenters. The summed E-state index contributed by atoms with van der Waals surface area (Å²) in [5.74, 6) is 0.115. The van der Waals surface area contributed by atoms with Crippen LogP contribution in [0, 0.1) is 0 Å². The summed E-state index contributed by atoms with van der Waals surface area (Å²) in [6.45, 7) is 0. The van der Waals surface area contributed by atoms with Crippen LogP contribution in [0.5, 0.6) is 5.75 Å². The minimum Gasteiger partial charge on any atom is -0.423 e. The van der Waals surface area contributed by atoms with Gasteiger partial charge < -0.3 is 4.74 Å². The molecule has 0 spiro atoms. The molecule has 0 saturated heterocycles. The van der Waals surface area contributed by atoms with Crippen LogP contribution in [0.3, 0.4) is 0 Å². The van der Waals surface area contributed by atoms with E-state index in [-0.39, 0.29) is 12.4 Å². The van der Waals surface area contributed by atoms with Crippen LogP contribution in [0.25, 0.3) is 11.1 Å². The van der Waals surface area contributed by atoms with Gasteiger partial charge in [0, 0.05) is 6.20 Å². The fraction of sp³-hybridized carbons (Fsp3) is 0.0526. The third-order valence-electron chi connectivity index (χ3n) is 3.36. The van der Waals surface area contributed by atoms with E-state index in [4.69, 9.17) is 4.74 Å². The Morgan fingerprint density at radius 2 is 1.61 bits per heavy atom. The molecule has 23 heavy (non-hydrogen) atoms. The average molecular weight is 368 g/mol. The largest absolute Gasteiger partial charge is 0.423 e. The molecule has 3 nitrogen and oxygen atoms in total. The first kappa shape index (κ1) is 15.4. The first-order valence-electron chi connectivity index (χ1n) is 7.18. The van der Waals surface area contributed by atoms with Crippen molar-refractivity contribution in [1.29, 1.82) is 0 Å². The van der Waals surface area contributed by atoms with Gasteiger partial charge in [0.2, 0.25) is 0 Å². The highest BCUT2D eigenvalue weighted by Gasteiger charge is 2.09. The molecule has 0 atom stereocenters. The molecule has 0 bridgehead atoms. The number of pyridine rings is 1. The highest BCUT2D eigenvalue weighted by Crippen LogP contribution is 2.22. The van der Waals surface area contributed by atoms with Gasteiger partial charge in [0.15, 0.2) is 5.75 Å². The van der Waals surface area contributed by atoms with Gasteiger partial charge in [0.25, 0.3) is 0 Å². The summed E-state index contributed by atoms with van der Waals surface area (Å²) in [5, 5.41) is 0. The molecule has 0 aliphatic heterocycles. The van der Waals surface area contributed by atoms with E-state index in [1.165, 1.54) is 0 Å². The molecule has 0 N–H and O–H groups in total. The zero-order valence-corrected chi connectivity index (χ0v) is 13.9. The van der Waals surface area contributed by atoms with Crippen molar-refractivity contribution in [3.63, 3.8) is 0 Å². The van der Waals surface area contributed by atoms with Crippen LogP contribution < -0.4 is 4.74 Å². The number of carbonyl (C=O) groups excluding carboxylic acids is 1. The Balaban J connectivity index is 1.66. The third-order valence-corrected chi connectivity index (χ3v) is 3.95. The number of benzene rings is 2. The van der Waals surface area contributed by atoms with Crippen molar-refractivity contribution in [1.82, 2.24) is 4.98 Å². The van der Waals surface area contributed by atoms with Gasteiger partial charge in [0.1, 0.15) is 4.60 Å². The minimum absolute atomic E-state index is 0.219. The van der Waals surface area contributed by atoms with Crippen molar-refractivity contribution < 1.29 is 9.53 Å². The molecule has 0 fully saturated rings.